The highest BCUT2D eigenvalue weighted by atomic mass is 19.4. The molecule has 2 N–H and O–H groups in total. The summed E-state index contributed by atoms with van der Waals surface area (Å²) >= 11 is 0. The summed E-state index contributed by atoms with van der Waals surface area (Å²) in [6.45, 7) is 1.43. The van der Waals surface area contributed by atoms with Crippen molar-refractivity contribution in [3.63, 3.8) is 0 Å². The van der Waals surface area contributed by atoms with E-state index >= 15 is 0 Å². The predicted octanol–water partition coefficient (Wildman–Crippen LogP) is 3.83. The van der Waals surface area contributed by atoms with E-state index in [0.29, 0.717) is 24.8 Å². The van der Waals surface area contributed by atoms with Crippen LogP contribution in [0.25, 0.3) is 0 Å². The van der Waals surface area contributed by atoms with Crippen LogP contribution in [0.3, 0.4) is 0 Å². The predicted molar refractivity (Wildman–Crippen MR) is 113 cm³/mol. The minimum absolute atomic E-state index is 0.0663. The number of rotatable bonds is 6. The Balaban J connectivity index is 1.54. The third kappa shape index (κ3) is 4.12. The summed E-state index contributed by atoms with van der Waals surface area (Å²) in [5.41, 5.74) is -0.729. The minimum Gasteiger partial charge on any atom is -0.491 e. The molecular formula is C23H22F3N3O4. The molecule has 1 aliphatic heterocycles. The van der Waals surface area contributed by atoms with Crippen molar-refractivity contribution in [2.75, 3.05) is 18.5 Å². The smallest absolute Gasteiger partial charge is 0.416 e. The number of benzene rings is 2. The second-order valence-corrected chi connectivity index (χ2v) is 7.99. The molecular weight excluding hydrogens is 439 g/mol. The van der Waals surface area contributed by atoms with Crippen molar-refractivity contribution in [3.05, 3.63) is 59.2 Å². The summed E-state index contributed by atoms with van der Waals surface area (Å²) in [4.78, 5) is 39.2. The van der Waals surface area contributed by atoms with Crippen molar-refractivity contribution in [3.8, 4) is 5.75 Å². The van der Waals surface area contributed by atoms with Gasteiger partial charge >= 0.3 is 12.2 Å². The van der Waals surface area contributed by atoms with Crippen molar-refractivity contribution in [2.24, 2.45) is 0 Å². The zero-order chi connectivity index (χ0) is 23.8. The molecule has 0 bridgehead atoms. The van der Waals surface area contributed by atoms with Crippen LogP contribution in [0.15, 0.2) is 42.5 Å². The number of imide groups is 1. The number of alkyl halides is 3. The molecule has 1 aliphatic carbocycles. The van der Waals surface area contributed by atoms with Gasteiger partial charge < -0.3 is 15.4 Å². The molecule has 174 valence electrons. The zero-order valence-electron chi connectivity index (χ0n) is 17.8. The first-order valence-corrected chi connectivity index (χ1v) is 10.5. The lowest BCUT2D eigenvalue weighted by Crippen LogP contribution is -2.43. The van der Waals surface area contributed by atoms with Crippen molar-refractivity contribution in [2.45, 2.75) is 37.9 Å². The highest BCUT2D eigenvalue weighted by Gasteiger charge is 2.55. The SMILES string of the molecule is CCCOc1ccc(C(F)(F)F)cc1NC(=O)CN1C(=O)NC2(CCc3ccccc32)C1=O. The maximum atomic E-state index is 13.2. The van der Waals surface area contributed by atoms with Gasteiger partial charge in [-0.1, -0.05) is 31.2 Å². The fourth-order valence-electron chi connectivity index (χ4n) is 4.21. The first-order valence-electron chi connectivity index (χ1n) is 10.5. The maximum Gasteiger partial charge on any atom is 0.416 e. The number of carbonyl (C=O) groups is 3. The number of nitrogens with one attached hydrogen (secondary N) is 2. The Hall–Kier alpha value is -3.56. The Kier molecular flexibility index (Phi) is 5.77. The first-order chi connectivity index (χ1) is 15.7. The van der Waals surface area contributed by atoms with E-state index in [1.54, 1.807) is 12.1 Å². The number of carbonyl (C=O) groups excluding carboxylic acids is 3. The van der Waals surface area contributed by atoms with Gasteiger partial charge in [-0.15, -0.1) is 0 Å². The molecule has 1 unspecified atom stereocenters. The number of hydrogen-bond acceptors (Lipinski definition) is 4. The van der Waals surface area contributed by atoms with Crippen LogP contribution < -0.4 is 15.4 Å². The van der Waals surface area contributed by atoms with E-state index in [0.717, 1.165) is 28.7 Å². The average molecular weight is 461 g/mol. The lowest BCUT2D eigenvalue weighted by atomic mass is 9.92. The van der Waals surface area contributed by atoms with Crippen molar-refractivity contribution in [1.82, 2.24) is 10.2 Å². The Labute approximate surface area is 187 Å². The zero-order valence-corrected chi connectivity index (χ0v) is 17.8. The third-order valence-corrected chi connectivity index (χ3v) is 5.77. The van der Waals surface area contributed by atoms with E-state index in [2.05, 4.69) is 10.6 Å². The molecule has 4 amide bonds. The second kappa shape index (κ2) is 8.42. The Morgan fingerprint density at radius 2 is 1.97 bits per heavy atom. The number of fused-ring (bicyclic) bond motifs is 2. The third-order valence-electron chi connectivity index (χ3n) is 5.77. The first kappa shape index (κ1) is 22.6. The fraction of sp³-hybridized carbons (Fsp3) is 0.348. The van der Waals surface area contributed by atoms with Gasteiger partial charge in [0, 0.05) is 0 Å². The van der Waals surface area contributed by atoms with Gasteiger partial charge in [0.1, 0.15) is 17.8 Å². The largest absolute Gasteiger partial charge is 0.491 e. The number of halogens is 3. The van der Waals surface area contributed by atoms with Crippen LogP contribution in [0.4, 0.5) is 23.7 Å². The molecule has 0 radical (unpaired) electrons. The quantitative estimate of drug-likeness (QED) is 0.641. The Bertz CT molecular complexity index is 1120. The molecule has 2 aliphatic rings. The van der Waals surface area contributed by atoms with E-state index in [1.807, 2.05) is 19.1 Å². The topological polar surface area (TPSA) is 87.7 Å². The van der Waals surface area contributed by atoms with Gasteiger partial charge in [0.05, 0.1) is 17.9 Å². The summed E-state index contributed by atoms with van der Waals surface area (Å²) in [7, 11) is 0. The van der Waals surface area contributed by atoms with E-state index in [4.69, 9.17) is 4.74 Å². The van der Waals surface area contributed by atoms with Crippen LogP contribution in [0.1, 0.15) is 36.5 Å². The minimum atomic E-state index is -4.62. The van der Waals surface area contributed by atoms with Crippen molar-refractivity contribution in [1.29, 1.82) is 0 Å². The standard InChI is InChI=1S/C23H22F3N3O4/c1-2-11-33-18-8-7-15(23(24,25)26)12-17(18)27-19(30)13-29-20(31)22(28-21(29)32)10-9-14-5-3-4-6-16(14)22/h3-8,12H,2,9-11,13H2,1H3,(H,27,30)(H,28,32). The van der Waals surface area contributed by atoms with E-state index in [9.17, 15) is 27.6 Å². The molecule has 0 aromatic heterocycles. The molecule has 1 fully saturated rings. The number of urea groups is 1. The molecule has 1 heterocycles. The normalized spacial score (nSPS) is 19.6. The molecule has 10 heteroatoms. The number of ether oxygens (including phenoxy) is 1. The van der Waals surface area contributed by atoms with E-state index < -0.39 is 41.7 Å². The molecule has 1 atom stereocenters. The monoisotopic (exact) mass is 461 g/mol. The molecule has 2 aromatic carbocycles. The molecule has 1 spiro atoms. The maximum absolute atomic E-state index is 13.2. The lowest BCUT2D eigenvalue weighted by Gasteiger charge is -2.22. The van der Waals surface area contributed by atoms with Gasteiger partial charge in [0.25, 0.3) is 5.91 Å². The number of aryl methyl sites for hydroxylation is 1. The van der Waals surface area contributed by atoms with Crippen LogP contribution in [0.5, 0.6) is 5.75 Å². The van der Waals surface area contributed by atoms with Crippen LogP contribution in [-0.2, 0) is 27.7 Å². The van der Waals surface area contributed by atoms with Crippen LogP contribution in [0.2, 0.25) is 0 Å². The van der Waals surface area contributed by atoms with Crippen LogP contribution in [0, 0.1) is 0 Å². The molecule has 33 heavy (non-hydrogen) atoms. The fourth-order valence-corrected chi connectivity index (χ4v) is 4.21. The molecule has 1 saturated heterocycles. The number of nitrogens with zero attached hydrogens (tertiary/aromatic N) is 1. The van der Waals surface area contributed by atoms with Gasteiger partial charge in [-0.05, 0) is 48.6 Å². The summed E-state index contributed by atoms with van der Waals surface area (Å²) in [6.07, 6.45) is -3.03. The summed E-state index contributed by atoms with van der Waals surface area (Å²) in [6, 6.07) is 9.30. The lowest BCUT2D eigenvalue weighted by molar-refractivity contribution is -0.137. The highest BCUT2D eigenvalue weighted by Crippen LogP contribution is 2.41. The number of hydrogen-bond donors (Lipinski definition) is 2. The molecule has 0 saturated carbocycles. The van der Waals surface area contributed by atoms with Gasteiger partial charge in [-0.2, -0.15) is 13.2 Å². The van der Waals surface area contributed by atoms with Crippen LogP contribution >= 0.6 is 0 Å². The van der Waals surface area contributed by atoms with Crippen molar-refractivity contribution < 1.29 is 32.3 Å². The van der Waals surface area contributed by atoms with Gasteiger partial charge in [-0.25, -0.2) is 4.79 Å². The van der Waals surface area contributed by atoms with Gasteiger partial charge in [0.15, 0.2) is 0 Å². The number of amides is 4. The molecule has 7 nitrogen and oxygen atoms in total. The van der Waals surface area contributed by atoms with Crippen LogP contribution in [-0.4, -0.2) is 35.9 Å². The van der Waals surface area contributed by atoms with E-state index in [1.165, 1.54) is 0 Å². The molecule has 4 rings (SSSR count). The highest BCUT2D eigenvalue weighted by molar-refractivity contribution is 6.11. The Morgan fingerprint density at radius 1 is 1.21 bits per heavy atom. The van der Waals surface area contributed by atoms with E-state index in [-0.39, 0.29) is 18.0 Å². The summed E-state index contributed by atoms with van der Waals surface area (Å²) in [5.74, 6) is -1.31. The van der Waals surface area contributed by atoms with Gasteiger partial charge in [-0.3, -0.25) is 14.5 Å². The second-order valence-electron chi connectivity index (χ2n) is 7.99. The summed E-state index contributed by atoms with van der Waals surface area (Å²) < 4.78 is 44.9. The van der Waals surface area contributed by atoms with Gasteiger partial charge in [0.2, 0.25) is 5.91 Å². The number of anilines is 1. The Morgan fingerprint density at radius 3 is 2.70 bits per heavy atom. The molecule has 2 aromatic rings. The summed E-state index contributed by atoms with van der Waals surface area (Å²) in [5, 5.41) is 5.07. The van der Waals surface area contributed by atoms with Crippen molar-refractivity contribution >= 4 is 23.5 Å². The average Bonchev–Trinajstić information content (AvgIpc) is 3.25.